The molecule has 0 aliphatic rings. The number of hydrogen-bond acceptors (Lipinski definition) is 7. The van der Waals surface area contributed by atoms with Crippen molar-refractivity contribution in [3.8, 4) is 0 Å². The van der Waals surface area contributed by atoms with E-state index >= 15 is 0 Å². The summed E-state index contributed by atoms with van der Waals surface area (Å²) in [5.41, 5.74) is 0. The van der Waals surface area contributed by atoms with Gasteiger partial charge in [-0.15, -0.1) is 0 Å². The van der Waals surface area contributed by atoms with E-state index in [-0.39, 0.29) is 78.9 Å². The molecule has 9 heteroatoms. The molecule has 0 bridgehead atoms. The Balaban J connectivity index is -0.000000980. The Morgan fingerprint density at radius 2 is 1.88 bits per heavy atom. The van der Waals surface area contributed by atoms with Gasteiger partial charge in [-0.2, -0.15) is 0 Å². The Kier molecular flexibility index (Phi) is 17.9. The number of nitrogens with zero attached hydrogens (tertiary/aromatic N) is 1. The third-order valence-electron chi connectivity index (χ3n) is 1.64. The Labute approximate surface area is 144 Å². The van der Waals surface area contributed by atoms with Crippen LogP contribution in [0.5, 0.6) is 0 Å². The Bertz CT molecular complexity index is 228. The van der Waals surface area contributed by atoms with E-state index in [1.807, 2.05) is 0 Å². The molecule has 7 nitrogen and oxygen atoms in total. The molecule has 1 N–H and O–H groups in total. The summed E-state index contributed by atoms with van der Waals surface area (Å²) in [5, 5.41) is 29.4. The first-order valence-corrected chi connectivity index (χ1v) is 4.40. The number of carbonyl (C=O) groups excluding carboxylic acids is 2. The predicted octanol–water partition coefficient (Wildman–Crippen LogP) is -9.85. The summed E-state index contributed by atoms with van der Waals surface area (Å²) in [6.07, 6.45) is -1.49. The summed E-state index contributed by atoms with van der Waals surface area (Å²) in [6.45, 7) is 0.592. The molecular weight excluding hydrogens is 252 g/mol. The summed E-state index contributed by atoms with van der Waals surface area (Å²) in [5.74, 6) is -2.96. The van der Waals surface area contributed by atoms with Gasteiger partial charge in [0.25, 0.3) is 0 Å². The Hall–Kier alpha value is 0.820. The number of carboxylic acids is 2. The number of hydrogen-bond donors (Lipinski definition) is 1. The van der Waals surface area contributed by atoms with Gasteiger partial charge in [-0.1, -0.05) is 6.92 Å². The number of aliphatic hydroxyl groups excluding tert-OH is 1. The van der Waals surface area contributed by atoms with E-state index in [1.54, 1.807) is 6.92 Å². The maximum absolute atomic E-state index is 10.6. The number of carboxylic acid groups (broad SMARTS) is 2. The van der Waals surface area contributed by atoms with Crippen molar-refractivity contribution in [3.63, 3.8) is 0 Å². The van der Waals surface area contributed by atoms with Crippen LogP contribution in [-0.4, -0.2) is 54.5 Å². The molecule has 0 aromatic rings. The molecule has 0 rings (SSSR count). The minimum Gasteiger partial charge on any atom is -0.549 e. The first kappa shape index (κ1) is 23.0. The van der Waals surface area contributed by atoms with E-state index in [9.17, 15) is 19.8 Å². The summed E-state index contributed by atoms with van der Waals surface area (Å²) in [4.78, 5) is 21.9. The molecule has 0 aromatic carbocycles. The van der Waals surface area contributed by atoms with E-state index in [1.165, 1.54) is 0 Å². The van der Waals surface area contributed by atoms with Crippen LogP contribution in [0, 0.1) is 0 Å². The maximum Gasteiger partial charge on any atom is 1.00 e. The van der Waals surface area contributed by atoms with Gasteiger partial charge in [-0.25, -0.2) is 0 Å². The summed E-state index contributed by atoms with van der Waals surface area (Å²) >= 11 is 0. The van der Waals surface area contributed by atoms with Crippen molar-refractivity contribution in [1.29, 1.82) is 0 Å². The van der Waals surface area contributed by atoms with Gasteiger partial charge < -0.3 is 29.6 Å². The van der Waals surface area contributed by atoms with Crippen molar-refractivity contribution >= 4 is 11.9 Å². The number of ether oxygens (including phenoxy) is 1. The van der Waals surface area contributed by atoms with E-state index in [4.69, 9.17) is 9.84 Å². The van der Waals surface area contributed by atoms with Crippen LogP contribution in [0.25, 0.3) is 0 Å². The number of aliphatic carboxylic acids is 2. The standard InChI is InChI=1S/C8H15NO6.2Na/c1-2-9(5-6(11)12)7(8(13)14)15-4-3-10;;/h7,10H,2-5H2,1H3,(H,11,12)(H,13,14);;/q;2*+1/p-2/t7-;;/m0../s1. The van der Waals surface area contributed by atoms with Crippen molar-refractivity contribution in [1.82, 2.24) is 4.90 Å². The molecule has 0 spiro atoms. The van der Waals surface area contributed by atoms with Gasteiger partial charge in [0, 0.05) is 6.54 Å². The van der Waals surface area contributed by atoms with Crippen LogP contribution in [0.2, 0.25) is 0 Å². The number of carbonyl (C=O) groups is 2. The molecule has 0 radical (unpaired) electrons. The summed E-state index contributed by atoms with van der Waals surface area (Å²) in [7, 11) is 0. The van der Waals surface area contributed by atoms with Crippen LogP contribution in [0.1, 0.15) is 6.92 Å². The van der Waals surface area contributed by atoms with Gasteiger partial charge in [-0.3, -0.25) is 4.90 Å². The summed E-state index contributed by atoms with van der Waals surface area (Å²) < 4.78 is 4.73. The molecule has 0 unspecified atom stereocenters. The van der Waals surface area contributed by atoms with Gasteiger partial charge in [0.1, 0.15) is 0 Å². The Morgan fingerprint density at radius 1 is 1.35 bits per heavy atom. The fourth-order valence-electron chi connectivity index (χ4n) is 1.01. The monoisotopic (exact) mass is 265 g/mol. The first-order chi connectivity index (χ1) is 7.02. The third-order valence-corrected chi connectivity index (χ3v) is 1.64. The molecule has 0 saturated carbocycles. The van der Waals surface area contributed by atoms with Gasteiger partial charge in [0.05, 0.1) is 25.2 Å². The zero-order valence-electron chi connectivity index (χ0n) is 10.3. The van der Waals surface area contributed by atoms with Crippen molar-refractivity contribution in [2.75, 3.05) is 26.3 Å². The molecule has 0 aliphatic heterocycles. The average molecular weight is 265 g/mol. The van der Waals surface area contributed by atoms with Gasteiger partial charge in [0.2, 0.25) is 0 Å². The minimum atomic E-state index is -1.55. The second kappa shape index (κ2) is 13.3. The van der Waals surface area contributed by atoms with E-state index in [2.05, 4.69) is 0 Å². The van der Waals surface area contributed by atoms with Crippen LogP contribution < -0.4 is 69.3 Å². The quantitative estimate of drug-likeness (QED) is 0.342. The predicted molar refractivity (Wildman–Crippen MR) is 44.1 cm³/mol. The molecule has 17 heavy (non-hydrogen) atoms. The molecule has 88 valence electrons. The topological polar surface area (TPSA) is 113 Å². The number of likely N-dealkylation sites (N-methyl/N-ethyl adjacent to an activating group) is 1. The van der Waals surface area contributed by atoms with E-state index < -0.39 is 24.7 Å². The maximum atomic E-state index is 10.6. The molecule has 0 heterocycles. The smallest absolute Gasteiger partial charge is 0.549 e. The molecule has 0 fully saturated rings. The zero-order chi connectivity index (χ0) is 11.8. The van der Waals surface area contributed by atoms with Crippen molar-refractivity contribution in [2.45, 2.75) is 13.2 Å². The van der Waals surface area contributed by atoms with Crippen LogP contribution in [0.3, 0.4) is 0 Å². The van der Waals surface area contributed by atoms with Crippen molar-refractivity contribution < 1.29 is 88.8 Å². The van der Waals surface area contributed by atoms with Gasteiger partial charge in [0.15, 0.2) is 6.23 Å². The molecule has 0 amide bonds. The Morgan fingerprint density at radius 3 is 2.18 bits per heavy atom. The van der Waals surface area contributed by atoms with Crippen LogP contribution in [0.4, 0.5) is 0 Å². The fourth-order valence-corrected chi connectivity index (χ4v) is 1.01. The van der Waals surface area contributed by atoms with Crippen LogP contribution in [-0.2, 0) is 14.3 Å². The second-order valence-electron chi connectivity index (χ2n) is 2.70. The fraction of sp³-hybridized carbons (Fsp3) is 0.750. The average Bonchev–Trinajstić information content (AvgIpc) is 2.15. The minimum absolute atomic E-state index is 0. The first-order valence-electron chi connectivity index (χ1n) is 4.40. The normalized spacial score (nSPS) is 11.2. The zero-order valence-corrected chi connectivity index (χ0v) is 14.3. The third kappa shape index (κ3) is 10.4. The van der Waals surface area contributed by atoms with E-state index in [0.717, 1.165) is 4.90 Å². The number of rotatable bonds is 8. The van der Waals surface area contributed by atoms with Gasteiger partial charge in [-0.05, 0) is 6.54 Å². The molecule has 0 aliphatic carbocycles. The molecule has 0 aromatic heterocycles. The SMILES string of the molecule is CCN(CC(=O)[O-])[C@@H](OCCO)C(=O)[O-].[Na+].[Na+]. The van der Waals surface area contributed by atoms with Gasteiger partial charge >= 0.3 is 59.1 Å². The van der Waals surface area contributed by atoms with Crippen molar-refractivity contribution in [3.05, 3.63) is 0 Å². The molecule has 0 saturated heterocycles. The molecule has 1 atom stereocenters. The van der Waals surface area contributed by atoms with Crippen LogP contribution in [0.15, 0.2) is 0 Å². The second-order valence-corrected chi connectivity index (χ2v) is 2.70. The van der Waals surface area contributed by atoms with Crippen molar-refractivity contribution in [2.24, 2.45) is 0 Å². The van der Waals surface area contributed by atoms with Crippen LogP contribution >= 0.6 is 0 Å². The molecular formula is C8H13NNa2O6. The van der Waals surface area contributed by atoms with E-state index in [0.29, 0.717) is 0 Å². The number of aliphatic hydroxyl groups is 1. The largest absolute Gasteiger partial charge is 1.00 e. The summed E-state index contributed by atoms with van der Waals surface area (Å²) in [6, 6.07) is 0.